The number of amides is 1. The Morgan fingerprint density at radius 2 is 2.15 bits per heavy atom. The Labute approximate surface area is 150 Å². The zero-order chi connectivity index (χ0) is 18.3. The molecular formula is C19H21N5O2. The molecule has 0 spiro atoms. The molecule has 3 heterocycles. The Morgan fingerprint density at radius 3 is 2.92 bits per heavy atom. The van der Waals surface area contributed by atoms with Gasteiger partial charge in [0.2, 0.25) is 0 Å². The van der Waals surface area contributed by atoms with E-state index in [0.29, 0.717) is 16.5 Å². The number of aromatic nitrogens is 4. The number of carbonyl (C=O) groups is 1. The summed E-state index contributed by atoms with van der Waals surface area (Å²) in [5.74, 6) is 0.919. The number of hydrogen-bond acceptors (Lipinski definition) is 4. The van der Waals surface area contributed by atoms with Crippen molar-refractivity contribution in [3.8, 4) is 0 Å². The molecule has 0 aliphatic carbocycles. The molecule has 1 amide bonds. The number of likely N-dealkylation sites (tertiary alicyclic amines) is 1. The molecule has 7 nitrogen and oxygen atoms in total. The van der Waals surface area contributed by atoms with Crippen molar-refractivity contribution in [3.05, 3.63) is 58.7 Å². The molecule has 1 aliphatic rings. The molecule has 1 atom stereocenters. The van der Waals surface area contributed by atoms with Crippen LogP contribution in [0.4, 0.5) is 0 Å². The van der Waals surface area contributed by atoms with Gasteiger partial charge in [-0.1, -0.05) is 0 Å². The van der Waals surface area contributed by atoms with Crippen LogP contribution in [-0.4, -0.2) is 42.5 Å². The second kappa shape index (κ2) is 6.40. The average molecular weight is 351 g/mol. The SMILES string of the molecule is Cc1nccn1CC1CCCN1C(=O)c1ccc2ncn(C)c(=O)c2c1. The van der Waals surface area contributed by atoms with E-state index in [1.54, 1.807) is 31.4 Å². The van der Waals surface area contributed by atoms with Gasteiger partial charge in [-0.05, 0) is 38.0 Å². The van der Waals surface area contributed by atoms with E-state index in [2.05, 4.69) is 14.5 Å². The zero-order valence-electron chi connectivity index (χ0n) is 14.9. The third kappa shape index (κ3) is 2.79. The molecule has 1 fully saturated rings. The van der Waals surface area contributed by atoms with Gasteiger partial charge < -0.3 is 14.0 Å². The Kier molecular flexibility index (Phi) is 4.06. The lowest BCUT2D eigenvalue weighted by molar-refractivity contribution is 0.0724. The van der Waals surface area contributed by atoms with Gasteiger partial charge in [-0.25, -0.2) is 9.97 Å². The van der Waals surface area contributed by atoms with Gasteiger partial charge in [-0.15, -0.1) is 0 Å². The highest BCUT2D eigenvalue weighted by Crippen LogP contribution is 2.23. The molecule has 2 aromatic heterocycles. The maximum absolute atomic E-state index is 13.1. The fourth-order valence-electron chi connectivity index (χ4n) is 3.63. The van der Waals surface area contributed by atoms with Crippen LogP contribution in [0.15, 0.2) is 41.7 Å². The fourth-order valence-corrected chi connectivity index (χ4v) is 3.63. The first-order valence-corrected chi connectivity index (χ1v) is 8.78. The first-order valence-electron chi connectivity index (χ1n) is 8.78. The minimum absolute atomic E-state index is 0.0296. The molecule has 4 rings (SSSR count). The summed E-state index contributed by atoms with van der Waals surface area (Å²) in [7, 11) is 1.66. The third-order valence-corrected chi connectivity index (χ3v) is 5.13. The first-order chi connectivity index (χ1) is 12.5. The fraction of sp³-hybridized carbons (Fsp3) is 0.368. The lowest BCUT2D eigenvalue weighted by Crippen LogP contribution is -2.38. The second-order valence-corrected chi connectivity index (χ2v) is 6.81. The van der Waals surface area contributed by atoms with Crippen molar-refractivity contribution in [1.29, 1.82) is 0 Å². The van der Waals surface area contributed by atoms with Gasteiger partial charge >= 0.3 is 0 Å². The average Bonchev–Trinajstić information content (AvgIpc) is 3.27. The highest BCUT2D eigenvalue weighted by Gasteiger charge is 2.30. The molecule has 0 bridgehead atoms. The minimum Gasteiger partial charge on any atom is -0.334 e. The number of imidazole rings is 1. The number of rotatable bonds is 3. The van der Waals surface area contributed by atoms with Gasteiger partial charge in [0, 0.05) is 38.1 Å². The minimum atomic E-state index is -0.142. The molecule has 1 aliphatic heterocycles. The molecule has 0 N–H and O–H groups in total. The smallest absolute Gasteiger partial charge is 0.260 e. The van der Waals surface area contributed by atoms with Crippen LogP contribution in [0.3, 0.4) is 0 Å². The normalized spacial score (nSPS) is 17.2. The predicted molar refractivity (Wildman–Crippen MR) is 98.0 cm³/mol. The van der Waals surface area contributed by atoms with Crippen LogP contribution in [0.1, 0.15) is 29.0 Å². The Hall–Kier alpha value is -2.96. The van der Waals surface area contributed by atoms with Crippen LogP contribution in [0, 0.1) is 6.92 Å². The molecule has 26 heavy (non-hydrogen) atoms. The van der Waals surface area contributed by atoms with Crippen LogP contribution in [0.25, 0.3) is 10.9 Å². The quantitative estimate of drug-likeness (QED) is 0.720. The second-order valence-electron chi connectivity index (χ2n) is 6.81. The first kappa shape index (κ1) is 16.5. The number of carbonyl (C=O) groups excluding carboxylic acids is 1. The lowest BCUT2D eigenvalue weighted by Gasteiger charge is -2.25. The summed E-state index contributed by atoms with van der Waals surface area (Å²) in [6.45, 7) is 3.45. The molecule has 3 aromatic rings. The summed E-state index contributed by atoms with van der Waals surface area (Å²) >= 11 is 0. The summed E-state index contributed by atoms with van der Waals surface area (Å²) in [5, 5.41) is 0.474. The van der Waals surface area contributed by atoms with Crippen molar-refractivity contribution >= 4 is 16.8 Å². The maximum Gasteiger partial charge on any atom is 0.260 e. The summed E-state index contributed by atoms with van der Waals surface area (Å²) in [5.41, 5.74) is 1.00. The van der Waals surface area contributed by atoms with E-state index in [1.165, 1.54) is 10.9 Å². The van der Waals surface area contributed by atoms with Crippen molar-refractivity contribution in [3.63, 3.8) is 0 Å². The van der Waals surface area contributed by atoms with Crippen molar-refractivity contribution in [2.45, 2.75) is 32.4 Å². The van der Waals surface area contributed by atoms with E-state index in [0.717, 1.165) is 31.8 Å². The van der Waals surface area contributed by atoms with Crippen molar-refractivity contribution < 1.29 is 4.79 Å². The number of aryl methyl sites for hydroxylation is 2. The highest BCUT2D eigenvalue weighted by molar-refractivity contribution is 5.98. The van der Waals surface area contributed by atoms with Gasteiger partial charge in [0.05, 0.1) is 23.3 Å². The number of hydrogen-bond donors (Lipinski definition) is 0. The van der Waals surface area contributed by atoms with Gasteiger partial charge in [-0.2, -0.15) is 0 Å². The number of fused-ring (bicyclic) bond motifs is 1. The molecule has 0 radical (unpaired) electrons. The van der Waals surface area contributed by atoms with Gasteiger partial charge in [0.25, 0.3) is 11.5 Å². The maximum atomic E-state index is 13.1. The Morgan fingerprint density at radius 1 is 1.31 bits per heavy atom. The molecule has 1 unspecified atom stereocenters. The lowest BCUT2D eigenvalue weighted by atomic mass is 10.1. The predicted octanol–water partition coefficient (Wildman–Crippen LogP) is 1.74. The third-order valence-electron chi connectivity index (χ3n) is 5.13. The van der Waals surface area contributed by atoms with Crippen LogP contribution in [0.5, 0.6) is 0 Å². The van der Waals surface area contributed by atoms with Gasteiger partial charge in [-0.3, -0.25) is 9.59 Å². The Bertz CT molecular complexity index is 1040. The zero-order valence-corrected chi connectivity index (χ0v) is 14.9. The standard InChI is InChI=1S/C19H21N5O2/c1-13-20-7-9-23(13)11-15-4-3-8-24(15)18(25)14-5-6-17-16(10-14)19(26)22(2)12-21-17/h5-7,9-10,12,15H,3-4,8,11H2,1-2H3. The molecule has 134 valence electrons. The van der Waals surface area contributed by atoms with Crippen LogP contribution in [-0.2, 0) is 13.6 Å². The molecule has 7 heteroatoms. The van der Waals surface area contributed by atoms with E-state index in [9.17, 15) is 9.59 Å². The largest absolute Gasteiger partial charge is 0.334 e. The summed E-state index contributed by atoms with van der Waals surface area (Å²) < 4.78 is 3.51. The molecule has 0 saturated carbocycles. The van der Waals surface area contributed by atoms with Crippen LogP contribution >= 0.6 is 0 Å². The van der Waals surface area contributed by atoms with Crippen molar-refractivity contribution in [2.75, 3.05) is 6.54 Å². The van der Waals surface area contributed by atoms with E-state index < -0.39 is 0 Å². The van der Waals surface area contributed by atoms with E-state index in [-0.39, 0.29) is 17.5 Å². The number of nitrogens with zero attached hydrogens (tertiary/aromatic N) is 5. The van der Waals surface area contributed by atoms with Crippen molar-refractivity contribution in [2.24, 2.45) is 7.05 Å². The van der Waals surface area contributed by atoms with Crippen LogP contribution < -0.4 is 5.56 Å². The summed E-state index contributed by atoms with van der Waals surface area (Å²) in [4.78, 5) is 35.8. The summed E-state index contributed by atoms with van der Waals surface area (Å²) in [6, 6.07) is 5.32. The number of benzene rings is 1. The Balaban J connectivity index is 1.64. The van der Waals surface area contributed by atoms with Gasteiger partial charge in [0.1, 0.15) is 5.82 Å². The van der Waals surface area contributed by atoms with E-state index >= 15 is 0 Å². The molecule has 1 aromatic carbocycles. The topological polar surface area (TPSA) is 73.0 Å². The van der Waals surface area contributed by atoms with E-state index in [1.807, 2.05) is 18.0 Å². The monoisotopic (exact) mass is 351 g/mol. The molecule has 1 saturated heterocycles. The molecular weight excluding hydrogens is 330 g/mol. The van der Waals surface area contributed by atoms with E-state index in [4.69, 9.17) is 0 Å². The van der Waals surface area contributed by atoms with Crippen molar-refractivity contribution in [1.82, 2.24) is 24.0 Å². The highest BCUT2D eigenvalue weighted by atomic mass is 16.2. The van der Waals surface area contributed by atoms with Crippen LogP contribution in [0.2, 0.25) is 0 Å². The van der Waals surface area contributed by atoms with Gasteiger partial charge in [0.15, 0.2) is 0 Å². The summed E-state index contributed by atoms with van der Waals surface area (Å²) in [6.07, 6.45) is 7.18.